The van der Waals surface area contributed by atoms with Gasteiger partial charge >= 0.3 is 17.6 Å². The number of benzene rings is 1. The van der Waals surface area contributed by atoms with Gasteiger partial charge in [0.15, 0.2) is 11.5 Å². The zero-order valence-electron chi connectivity index (χ0n) is 14.5. The van der Waals surface area contributed by atoms with Crippen LogP contribution in [0.3, 0.4) is 0 Å². The minimum Gasteiger partial charge on any atom is -0.423 e. The van der Waals surface area contributed by atoms with Crippen LogP contribution < -0.4 is 20.8 Å². The molecular formula is C18H21NO6. The number of esters is 2. The molecule has 1 unspecified atom stereocenters. The Bertz CT molecular complexity index is 855. The average molecular weight is 347 g/mol. The minimum absolute atomic E-state index is 0.0121. The molecule has 1 heterocycles. The van der Waals surface area contributed by atoms with E-state index in [0.717, 1.165) is 6.42 Å². The van der Waals surface area contributed by atoms with E-state index in [1.165, 1.54) is 26.0 Å². The van der Waals surface area contributed by atoms with Gasteiger partial charge in [0, 0.05) is 36.9 Å². The van der Waals surface area contributed by atoms with E-state index >= 15 is 0 Å². The van der Waals surface area contributed by atoms with Crippen molar-refractivity contribution in [1.82, 2.24) is 0 Å². The van der Waals surface area contributed by atoms with Gasteiger partial charge in [0.05, 0.1) is 0 Å². The number of rotatable bonds is 6. The first-order chi connectivity index (χ1) is 11.8. The summed E-state index contributed by atoms with van der Waals surface area (Å²) in [5.41, 5.74) is 6.15. The van der Waals surface area contributed by atoms with Gasteiger partial charge in [-0.2, -0.15) is 0 Å². The molecule has 2 aromatic rings. The number of hydrogen-bond acceptors (Lipinski definition) is 7. The van der Waals surface area contributed by atoms with Gasteiger partial charge in [0.25, 0.3) is 0 Å². The van der Waals surface area contributed by atoms with Crippen molar-refractivity contribution in [2.24, 2.45) is 5.73 Å². The molecule has 0 fully saturated rings. The summed E-state index contributed by atoms with van der Waals surface area (Å²) < 4.78 is 15.4. The van der Waals surface area contributed by atoms with Crippen LogP contribution in [0.15, 0.2) is 27.4 Å². The van der Waals surface area contributed by atoms with Gasteiger partial charge in [0.2, 0.25) is 0 Å². The number of nitrogens with two attached hydrogens (primary N) is 1. The Hall–Kier alpha value is -2.67. The normalized spacial score (nSPS) is 12.0. The van der Waals surface area contributed by atoms with E-state index in [4.69, 9.17) is 19.6 Å². The average Bonchev–Trinajstić information content (AvgIpc) is 2.52. The Morgan fingerprint density at radius 3 is 2.28 bits per heavy atom. The van der Waals surface area contributed by atoms with Crippen LogP contribution >= 0.6 is 0 Å². The Kier molecular flexibility index (Phi) is 5.93. The standard InChI is InChI=1S/C18H21NO6/c1-4-14(19)6-5-12-7-13-8-16(23-10(2)20)17(24-11(3)21)9-15(13)25-18(12)22/h7-9,14H,4-6,19H2,1-3H3. The summed E-state index contributed by atoms with van der Waals surface area (Å²) >= 11 is 0. The van der Waals surface area contributed by atoms with Crippen molar-refractivity contribution in [2.75, 3.05) is 0 Å². The third-order valence-electron chi connectivity index (χ3n) is 3.69. The van der Waals surface area contributed by atoms with E-state index in [2.05, 4.69) is 0 Å². The summed E-state index contributed by atoms with van der Waals surface area (Å²) in [6, 6.07) is 4.55. The second-order valence-electron chi connectivity index (χ2n) is 5.79. The summed E-state index contributed by atoms with van der Waals surface area (Å²) in [5.74, 6) is -1.04. The Labute approximate surface area is 144 Å². The second kappa shape index (κ2) is 7.94. The fraction of sp³-hybridized carbons (Fsp3) is 0.389. The highest BCUT2D eigenvalue weighted by molar-refractivity contribution is 5.84. The number of carbonyl (C=O) groups is 2. The number of aryl methyl sites for hydroxylation is 1. The largest absolute Gasteiger partial charge is 0.423 e. The van der Waals surface area contributed by atoms with Crippen LogP contribution in [0.1, 0.15) is 39.2 Å². The maximum atomic E-state index is 12.1. The molecule has 2 rings (SSSR count). The van der Waals surface area contributed by atoms with E-state index in [1.807, 2.05) is 6.92 Å². The highest BCUT2D eigenvalue weighted by Crippen LogP contribution is 2.33. The molecule has 0 bridgehead atoms. The van der Waals surface area contributed by atoms with Crippen molar-refractivity contribution in [2.45, 2.75) is 46.1 Å². The lowest BCUT2D eigenvalue weighted by Crippen LogP contribution is -2.20. The second-order valence-corrected chi connectivity index (χ2v) is 5.79. The molecule has 0 aliphatic rings. The van der Waals surface area contributed by atoms with Gasteiger partial charge in [-0.1, -0.05) is 6.92 Å². The molecule has 0 spiro atoms. The molecule has 0 radical (unpaired) electrons. The van der Waals surface area contributed by atoms with E-state index in [1.54, 1.807) is 6.07 Å². The number of hydrogen-bond donors (Lipinski definition) is 1. The van der Waals surface area contributed by atoms with E-state index in [0.29, 0.717) is 23.8 Å². The smallest absolute Gasteiger partial charge is 0.339 e. The van der Waals surface area contributed by atoms with E-state index < -0.39 is 17.6 Å². The zero-order valence-corrected chi connectivity index (χ0v) is 14.5. The van der Waals surface area contributed by atoms with E-state index in [-0.39, 0.29) is 23.1 Å². The number of fused-ring (bicyclic) bond motifs is 1. The predicted octanol–water partition coefficient (Wildman–Crippen LogP) is 2.31. The molecule has 0 aliphatic heterocycles. The van der Waals surface area contributed by atoms with Crippen molar-refractivity contribution in [3.63, 3.8) is 0 Å². The molecular weight excluding hydrogens is 326 g/mol. The van der Waals surface area contributed by atoms with Crippen LogP contribution in [0.4, 0.5) is 0 Å². The van der Waals surface area contributed by atoms with Crippen LogP contribution in [0.25, 0.3) is 11.0 Å². The molecule has 25 heavy (non-hydrogen) atoms. The first-order valence-electron chi connectivity index (χ1n) is 8.03. The summed E-state index contributed by atoms with van der Waals surface area (Å²) in [5, 5.41) is 0.562. The predicted molar refractivity (Wildman–Crippen MR) is 91.7 cm³/mol. The van der Waals surface area contributed by atoms with Gasteiger partial charge in [-0.3, -0.25) is 9.59 Å². The van der Waals surface area contributed by atoms with E-state index in [9.17, 15) is 14.4 Å². The minimum atomic E-state index is -0.583. The first-order valence-corrected chi connectivity index (χ1v) is 8.03. The lowest BCUT2D eigenvalue weighted by Gasteiger charge is -2.11. The summed E-state index contributed by atoms with van der Waals surface area (Å²) in [6.07, 6.45) is 1.97. The fourth-order valence-corrected chi connectivity index (χ4v) is 2.36. The molecule has 7 nitrogen and oxygen atoms in total. The highest BCUT2D eigenvalue weighted by atomic mass is 16.6. The van der Waals surface area contributed by atoms with Gasteiger partial charge in [0.1, 0.15) is 5.58 Å². The molecule has 0 saturated heterocycles. The summed E-state index contributed by atoms with van der Waals surface area (Å²) in [7, 11) is 0. The summed E-state index contributed by atoms with van der Waals surface area (Å²) in [6.45, 7) is 4.44. The molecule has 1 atom stereocenters. The first kappa shape index (κ1) is 18.7. The van der Waals surface area contributed by atoms with Gasteiger partial charge in [-0.05, 0) is 31.4 Å². The maximum absolute atomic E-state index is 12.1. The third-order valence-corrected chi connectivity index (χ3v) is 3.69. The van der Waals surface area contributed by atoms with Crippen LogP contribution in [0.2, 0.25) is 0 Å². The third kappa shape index (κ3) is 4.90. The Morgan fingerprint density at radius 1 is 1.12 bits per heavy atom. The number of ether oxygens (including phenoxy) is 2. The van der Waals surface area contributed by atoms with Crippen LogP contribution in [0.5, 0.6) is 11.5 Å². The molecule has 0 saturated carbocycles. The molecule has 7 heteroatoms. The van der Waals surface area contributed by atoms with Crippen molar-refractivity contribution in [3.8, 4) is 11.5 Å². The zero-order chi connectivity index (χ0) is 18.6. The SMILES string of the molecule is CCC(N)CCc1cc2cc(OC(C)=O)c(OC(C)=O)cc2oc1=O. The molecule has 1 aromatic carbocycles. The quantitative estimate of drug-likeness (QED) is 0.485. The maximum Gasteiger partial charge on any atom is 0.339 e. The van der Waals surface area contributed by atoms with Gasteiger partial charge < -0.3 is 19.6 Å². The molecule has 1 aromatic heterocycles. The lowest BCUT2D eigenvalue weighted by atomic mass is 10.0. The number of carbonyl (C=O) groups excluding carboxylic acids is 2. The highest BCUT2D eigenvalue weighted by Gasteiger charge is 2.15. The molecule has 2 N–H and O–H groups in total. The lowest BCUT2D eigenvalue weighted by molar-refractivity contribution is -0.134. The Morgan fingerprint density at radius 2 is 1.72 bits per heavy atom. The molecule has 134 valence electrons. The van der Waals surface area contributed by atoms with Crippen LogP contribution in [0, 0.1) is 0 Å². The van der Waals surface area contributed by atoms with Crippen LogP contribution in [-0.4, -0.2) is 18.0 Å². The molecule has 0 amide bonds. The monoisotopic (exact) mass is 347 g/mol. The van der Waals surface area contributed by atoms with Crippen molar-refractivity contribution < 1.29 is 23.5 Å². The van der Waals surface area contributed by atoms with Crippen LogP contribution in [-0.2, 0) is 16.0 Å². The molecule has 0 aliphatic carbocycles. The van der Waals surface area contributed by atoms with Gasteiger partial charge in [-0.25, -0.2) is 4.79 Å². The Balaban J connectivity index is 2.47. The van der Waals surface area contributed by atoms with Crippen molar-refractivity contribution in [3.05, 3.63) is 34.2 Å². The van der Waals surface area contributed by atoms with Crippen molar-refractivity contribution >= 4 is 22.9 Å². The topological polar surface area (TPSA) is 109 Å². The summed E-state index contributed by atoms with van der Waals surface area (Å²) in [4.78, 5) is 34.6. The van der Waals surface area contributed by atoms with Gasteiger partial charge in [-0.15, -0.1) is 0 Å². The van der Waals surface area contributed by atoms with Crippen molar-refractivity contribution in [1.29, 1.82) is 0 Å². The fourth-order valence-electron chi connectivity index (χ4n) is 2.36.